The van der Waals surface area contributed by atoms with E-state index in [-0.39, 0.29) is 17.7 Å². The van der Waals surface area contributed by atoms with Crippen molar-refractivity contribution in [1.82, 2.24) is 30.8 Å². The number of likely N-dealkylation sites (tertiary alicyclic amines) is 1. The lowest BCUT2D eigenvalue weighted by molar-refractivity contribution is -0.135. The Hall–Kier alpha value is -3.26. The number of halogens is 1. The van der Waals surface area contributed by atoms with Gasteiger partial charge in [0.2, 0.25) is 11.7 Å². The van der Waals surface area contributed by atoms with Crippen LogP contribution in [0.15, 0.2) is 48.5 Å². The molecule has 8 nitrogen and oxygen atoms in total. The van der Waals surface area contributed by atoms with Crippen LogP contribution in [0.5, 0.6) is 0 Å². The molecular formula is C24H27ClN6O2. The molecule has 2 aromatic carbocycles. The summed E-state index contributed by atoms with van der Waals surface area (Å²) in [5.74, 6) is 0.526. The maximum absolute atomic E-state index is 13.3. The fraction of sp³-hybridized carbons (Fsp3) is 0.375. The van der Waals surface area contributed by atoms with Gasteiger partial charge in [0.1, 0.15) is 6.04 Å². The third-order valence-corrected chi connectivity index (χ3v) is 6.37. The van der Waals surface area contributed by atoms with Crippen LogP contribution in [0.1, 0.15) is 48.5 Å². The highest BCUT2D eigenvalue weighted by atomic mass is 35.5. The molecule has 0 spiro atoms. The number of hydrogen-bond acceptors (Lipinski definition) is 5. The lowest BCUT2D eigenvalue weighted by Gasteiger charge is -2.35. The molecule has 3 aromatic rings. The van der Waals surface area contributed by atoms with Gasteiger partial charge in [-0.05, 0) is 59.7 Å². The van der Waals surface area contributed by atoms with Crippen molar-refractivity contribution in [3.63, 3.8) is 0 Å². The van der Waals surface area contributed by atoms with Crippen LogP contribution in [0.25, 0.3) is 11.4 Å². The minimum atomic E-state index is -0.582. The molecule has 0 bridgehead atoms. The molecule has 1 aromatic heterocycles. The van der Waals surface area contributed by atoms with Crippen LogP contribution in [-0.4, -0.2) is 56.5 Å². The number of benzene rings is 2. The first-order valence-electron chi connectivity index (χ1n) is 11.1. The lowest BCUT2D eigenvalue weighted by atomic mass is 9.89. The number of nitrogens with one attached hydrogen (secondary N) is 2. The molecule has 0 radical (unpaired) electrons. The van der Waals surface area contributed by atoms with Gasteiger partial charge in [-0.15, -0.1) is 10.2 Å². The number of hydrogen-bond donors (Lipinski definition) is 2. The van der Waals surface area contributed by atoms with E-state index in [1.54, 1.807) is 24.3 Å². The van der Waals surface area contributed by atoms with Crippen molar-refractivity contribution in [1.29, 1.82) is 0 Å². The topological polar surface area (TPSA) is 104 Å². The van der Waals surface area contributed by atoms with Gasteiger partial charge in [-0.2, -0.15) is 5.21 Å². The maximum atomic E-state index is 13.3. The third-order valence-electron chi connectivity index (χ3n) is 6.12. The zero-order chi connectivity index (χ0) is 23.4. The van der Waals surface area contributed by atoms with Gasteiger partial charge in [-0.25, -0.2) is 0 Å². The van der Waals surface area contributed by atoms with Crippen molar-refractivity contribution in [2.24, 2.45) is 5.92 Å². The van der Waals surface area contributed by atoms with Gasteiger partial charge >= 0.3 is 0 Å². The van der Waals surface area contributed by atoms with Gasteiger partial charge < -0.3 is 10.2 Å². The van der Waals surface area contributed by atoms with E-state index >= 15 is 0 Å². The number of aromatic nitrogens is 4. The average Bonchev–Trinajstić information content (AvgIpc) is 3.38. The second kappa shape index (κ2) is 10.1. The van der Waals surface area contributed by atoms with Crippen molar-refractivity contribution >= 4 is 23.4 Å². The quantitative estimate of drug-likeness (QED) is 0.576. The molecule has 1 saturated heterocycles. The van der Waals surface area contributed by atoms with Crippen LogP contribution in [0.2, 0.25) is 5.02 Å². The molecule has 1 aliphatic heterocycles. The van der Waals surface area contributed by atoms with Gasteiger partial charge in [-0.1, -0.05) is 49.7 Å². The monoisotopic (exact) mass is 466 g/mol. The van der Waals surface area contributed by atoms with E-state index in [9.17, 15) is 9.59 Å². The molecule has 1 atom stereocenters. The largest absolute Gasteiger partial charge is 0.341 e. The first kappa shape index (κ1) is 22.9. The van der Waals surface area contributed by atoms with Gasteiger partial charge in [-0.3, -0.25) is 9.59 Å². The van der Waals surface area contributed by atoms with E-state index in [0.29, 0.717) is 30.4 Å². The highest BCUT2D eigenvalue weighted by molar-refractivity contribution is 6.30. The van der Waals surface area contributed by atoms with Crippen LogP contribution in [0.4, 0.5) is 0 Å². The molecule has 2 amide bonds. The average molecular weight is 467 g/mol. The van der Waals surface area contributed by atoms with Crippen molar-refractivity contribution < 1.29 is 9.59 Å². The summed E-state index contributed by atoms with van der Waals surface area (Å²) in [6, 6.07) is 14.3. The smallest absolute Gasteiger partial charge is 0.251 e. The Bertz CT molecular complexity index is 1080. The van der Waals surface area contributed by atoms with E-state index in [1.807, 2.05) is 30.9 Å². The summed E-state index contributed by atoms with van der Waals surface area (Å²) in [6.45, 7) is 5.24. The summed E-state index contributed by atoms with van der Waals surface area (Å²) in [5, 5.41) is 17.5. The Morgan fingerprint density at radius 3 is 2.30 bits per heavy atom. The Morgan fingerprint density at radius 1 is 1.06 bits per heavy atom. The Kier molecular flexibility index (Phi) is 7.03. The molecule has 0 saturated carbocycles. The summed E-state index contributed by atoms with van der Waals surface area (Å²) in [5.41, 5.74) is 2.48. The van der Waals surface area contributed by atoms with Crippen LogP contribution in [0, 0.1) is 5.92 Å². The summed E-state index contributed by atoms with van der Waals surface area (Å²) in [6.07, 6.45) is 1.79. The number of piperidine rings is 1. The molecule has 2 heterocycles. The summed E-state index contributed by atoms with van der Waals surface area (Å²) in [4.78, 5) is 28.0. The number of nitrogens with zero attached hydrogens (tertiary/aromatic N) is 4. The van der Waals surface area contributed by atoms with Gasteiger partial charge in [0.25, 0.3) is 5.91 Å². The molecule has 1 fully saturated rings. The second-order valence-electron chi connectivity index (χ2n) is 8.66. The van der Waals surface area contributed by atoms with Crippen molar-refractivity contribution in [3.8, 4) is 11.4 Å². The first-order valence-corrected chi connectivity index (χ1v) is 11.5. The minimum Gasteiger partial charge on any atom is -0.341 e. The lowest BCUT2D eigenvalue weighted by Crippen LogP contribution is -2.52. The maximum Gasteiger partial charge on any atom is 0.251 e. The fourth-order valence-electron chi connectivity index (χ4n) is 4.16. The number of H-pyrrole nitrogens is 1. The number of tetrazole rings is 1. The highest BCUT2D eigenvalue weighted by Crippen LogP contribution is 2.29. The highest BCUT2D eigenvalue weighted by Gasteiger charge is 2.31. The van der Waals surface area contributed by atoms with E-state index in [2.05, 4.69) is 38.1 Å². The zero-order valence-electron chi connectivity index (χ0n) is 18.7. The number of amides is 2. The van der Waals surface area contributed by atoms with Crippen LogP contribution >= 0.6 is 11.6 Å². The number of aromatic amines is 1. The van der Waals surface area contributed by atoms with E-state index in [0.717, 1.165) is 23.4 Å². The van der Waals surface area contributed by atoms with Gasteiger partial charge in [0.15, 0.2) is 0 Å². The number of carbonyl (C=O) groups is 2. The Labute approximate surface area is 197 Å². The summed E-state index contributed by atoms with van der Waals surface area (Å²) >= 11 is 6.00. The molecule has 0 aliphatic carbocycles. The van der Waals surface area contributed by atoms with Crippen molar-refractivity contribution in [2.75, 3.05) is 13.1 Å². The summed E-state index contributed by atoms with van der Waals surface area (Å²) < 4.78 is 0. The van der Waals surface area contributed by atoms with Gasteiger partial charge in [0, 0.05) is 29.2 Å². The number of rotatable bonds is 6. The van der Waals surface area contributed by atoms with Crippen molar-refractivity contribution in [3.05, 3.63) is 64.7 Å². The van der Waals surface area contributed by atoms with Crippen molar-refractivity contribution in [2.45, 2.75) is 38.6 Å². The number of carbonyl (C=O) groups excluding carboxylic acids is 2. The summed E-state index contributed by atoms with van der Waals surface area (Å²) in [7, 11) is 0. The molecule has 2 N–H and O–H groups in total. The van der Waals surface area contributed by atoms with E-state index in [4.69, 9.17) is 11.6 Å². The van der Waals surface area contributed by atoms with Crippen LogP contribution in [-0.2, 0) is 4.79 Å². The predicted molar refractivity (Wildman–Crippen MR) is 126 cm³/mol. The predicted octanol–water partition coefficient (Wildman–Crippen LogP) is 3.68. The fourth-order valence-corrected chi connectivity index (χ4v) is 4.28. The second-order valence-corrected chi connectivity index (χ2v) is 9.10. The molecule has 0 unspecified atom stereocenters. The van der Waals surface area contributed by atoms with Gasteiger partial charge in [0.05, 0.1) is 0 Å². The van der Waals surface area contributed by atoms with Crippen LogP contribution in [0.3, 0.4) is 0 Å². The zero-order valence-corrected chi connectivity index (χ0v) is 19.4. The molecule has 4 rings (SSSR count). The van der Waals surface area contributed by atoms with E-state index < -0.39 is 6.04 Å². The third kappa shape index (κ3) is 5.39. The van der Waals surface area contributed by atoms with Crippen LogP contribution < -0.4 is 5.32 Å². The molecule has 172 valence electrons. The first-order chi connectivity index (χ1) is 15.9. The molecular weight excluding hydrogens is 440 g/mol. The SMILES string of the molecule is CC(C)[C@@H](NC(=O)c1ccc(-c2nn[nH]n2)cc1)C(=O)N1CCC(c2ccc(Cl)cc2)CC1. The normalized spacial score (nSPS) is 15.5. The Balaban J connectivity index is 1.37. The Morgan fingerprint density at radius 2 is 1.73 bits per heavy atom. The molecule has 33 heavy (non-hydrogen) atoms. The standard InChI is InChI=1S/C24H27ClN6O2/c1-15(2)21(26-23(32)19-5-3-18(4-6-19)22-27-29-30-28-22)24(33)31-13-11-17(12-14-31)16-7-9-20(25)10-8-16/h3-10,15,17,21H,11-14H2,1-2H3,(H,26,32)(H,27,28,29,30)/t21-/m1/s1. The molecule has 9 heteroatoms. The van der Waals surface area contributed by atoms with E-state index in [1.165, 1.54) is 5.56 Å². The molecule has 1 aliphatic rings. The minimum absolute atomic E-state index is 0.0312.